The van der Waals surface area contributed by atoms with Gasteiger partial charge < -0.3 is 47.7 Å². The van der Waals surface area contributed by atoms with Crippen molar-refractivity contribution in [3.05, 3.63) is 68.7 Å². The van der Waals surface area contributed by atoms with Gasteiger partial charge in [0, 0.05) is 70.1 Å². The summed E-state index contributed by atoms with van der Waals surface area (Å²) >= 11 is 10.7. The van der Waals surface area contributed by atoms with E-state index < -0.39 is 74.2 Å². The van der Waals surface area contributed by atoms with Crippen LogP contribution in [0.5, 0.6) is 11.5 Å². The van der Waals surface area contributed by atoms with Crippen LogP contribution in [0.15, 0.2) is 36.4 Å². The van der Waals surface area contributed by atoms with Gasteiger partial charge in [-0.05, 0) is 161 Å². The number of aryl methyl sites for hydroxylation is 2. The molecule has 2 aromatic carbocycles. The molecule has 0 saturated carbocycles. The maximum Gasteiger partial charge on any atom is 0.254 e. The molecular weight excluding hydrogens is 964 g/mol. The van der Waals surface area contributed by atoms with Crippen LogP contribution in [0, 0.1) is 11.8 Å². The first-order valence-corrected chi connectivity index (χ1v) is 27.5. The molecule has 0 bridgehead atoms. The molecule has 4 aliphatic heterocycles. The van der Waals surface area contributed by atoms with E-state index in [1.165, 1.54) is 0 Å². The molecule has 0 aromatic heterocycles. The van der Waals surface area contributed by atoms with Crippen molar-refractivity contribution in [2.75, 3.05) is 39.4 Å². The second kappa shape index (κ2) is 22.8. The number of nitrogens with one attached hydrogen (secondary N) is 2. The van der Waals surface area contributed by atoms with Crippen LogP contribution in [-0.2, 0) is 64.1 Å². The Bertz CT molecular complexity index is 2140. The summed E-state index contributed by atoms with van der Waals surface area (Å²) in [5.74, 6) is -1.47. The fraction of sp³-hybridized carbons (Fsp3) is 0.686. The van der Waals surface area contributed by atoms with E-state index in [-0.39, 0.29) is 42.6 Å². The second-order valence-electron chi connectivity index (χ2n) is 21.5. The zero-order chi connectivity index (χ0) is 50.8. The number of likely N-dealkylation sites (tertiary alicyclic amines) is 2. The minimum atomic E-state index is -1.45. The van der Waals surface area contributed by atoms with Gasteiger partial charge in [-0.3, -0.25) is 9.59 Å². The molecule has 4 saturated heterocycles. The monoisotopic (exact) mass is 1040 g/mol. The summed E-state index contributed by atoms with van der Waals surface area (Å²) in [7, 11) is 0. The Morgan fingerprint density at radius 3 is 1.77 bits per heavy atom. The topological polar surface area (TPSA) is 177 Å². The number of ether oxygens (including phenoxy) is 5. The normalized spacial score (nSPS) is 24.4. The first-order chi connectivity index (χ1) is 32.2. The Morgan fingerprint density at radius 1 is 0.783 bits per heavy atom. The van der Waals surface area contributed by atoms with Crippen molar-refractivity contribution in [3.63, 3.8) is 0 Å². The van der Waals surface area contributed by atoms with E-state index in [0.717, 1.165) is 16.7 Å². The van der Waals surface area contributed by atoms with E-state index in [1.54, 1.807) is 44.7 Å². The number of phenols is 1. The van der Waals surface area contributed by atoms with Crippen LogP contribution in [-0.4, -0.2) is 115 Å². The molecule has 69 heavy (non-hydrogen) atoms. The van der Waals surface area contributed by atoms with Crippen LogP contribution in [0.1, 0.15) is 143 Å². The fourth-order valence-corrected chi connectivity index (χ4v) is 11.8. The van der Waals surface area contributed by atoms with Crippen LogP contribution in [0.3, 0.4) is 0 Å². The number of hydrogen-bond acceptors (Lipinski definition) is 12. The number of piperidine rings is 2. The molecule has 3 N–H and O–H groups in total. The highest BCUT2D eigenvalue weighted by Gasteiger charge is 2.47. The Balaban J connectivity index is 1.15. The second-order valence-corrected chi connectivity index (χ2v) is 26.4. The Labute approximate surface area is 426 Å². The van der Waals surface area contributed by atoms with Gasteiger partial charge in [0.05, 0.1) is 18.7 Å². The van der Waals surface area contributed by atoms with Gasteiger partial charge in [-0.15, -0.1) is 9.44 Å². The minimum Gasteiger partial charge on any atom is -0.598 e. The summed E-state index contributed by atoms with van der Waals surface area (Å²) in [6.07, 6.45) is 5.19. The summed E-state index contributed by atoms with van der Waals surface area (Å²) < 4.78 is 63.6. The highest BCUT2D eigenvalue weighted by atomic mass is 35.5. The number of rotatable bonds is 16. The number of nitrogens with zero attached hydrogens (tertiary/aromatic N) is 2. The van der Waals surface area contributed by atoms with Crippen molar-refractivity contribution in [2.45, 2.75) is 173 Å². The van der Waals surface area contributed by atoms with E-state index in [4.69, 9.17) is 46.9 Å². The van der Waals surface area contributed by atoms with Gasteiger partial charge in [0.25, 0.3) is 11.8 Å². The van der Waals surface area contributed by atoms with Gasteiger partial charge in [-0.25, -0.2) is 0 Å². The lowest BCUT2D eigenvalue weighted by atomic mass is 9.85. The van der Waals surface area contributed by atoms with Crippen LogP contribution in [0.2, 0.25) is 10.0 Å². The summed E-state index contributed by atoms with van der Waals surface area (Å²) in [6, 6.07) is 6.45. The molecule has 4 heterocycles. The van der Waals surface area contributed by atoms with Crippen molar-refractivity contribution in [2.24, 2.45) is 11.8 Å². The smallest absolute Gasteiger partial charge is 0.254 e. The molecule has 14 nitrogen and oxygen atoms in total. The number of amides is 2. The zero-order valence-corrected chi connectivity index (χ0v) is 45.7. The number of halogens is 2. The maximum absolute atomic E-state index is 14.3. The number of carbonyl (C=O) groups is 2. The van der Waals surface area contributed by atoms with Crippen molar-refractivity contribution < 1.29 is 47.5 Å². The number of hydrogen-bond donors (Lipinski definition) is 3. The van der Waals surface area contributed by atoms with E-state index in [0.29, 0.717) is 86.1 Å². The predicted molar refractivity (Wildman–Crippen MR) is 273 cm³/mol. The number of aromatic hydroxyl groups is 1. The lowest BCUT2D eigenvalue weighted by Crippen LogP contribution is -2.49. The molecule has 0 spiro atoms. The third-order valence-electron chi connectivity index (χ3n) is 13.3. The first kappa shape index (κ1) is 56.0. The van der Waals surface area contributed by atoms with E-state index >= 15 is 0 Å². The molecule has 0 radical (unpaired) electrons. The molecule has 4 fully saturated rings. The average molecular weight is 1040 g/mol. The van der Waals surface area contributed by atoms with E-state index in [1.807, 2.05) is 84.6 Å². The summed E-state index contributed by atoms with van der Waals surface area (Å²) in [5, 5.41) is 12.3. The number of carbonyl (C=O) groups excluding carboxylic acids is 2. The highest BCUT2D eigenvalue weighted by Crippen LogP contribution is 2.42. The summed E-state index contributed by atoms with van der Waals surface area (Å²) in [4.78, 5) is 31.4. The summed E-state index contributed by atoms with van der Waals surface area (Å²) in [6.45, 7) is 24.9. The third kappa shape index (κ3) is 14.1. The molecule has 18 heteroatoms. The number of benzene rings is 2. The largest absolute Gasteiger partial charge is 0.598 e. The highest BCUT2D eigenvalue weighted by molar-refractivity contribution is 7.91. The van der Waals surface area contributed by atoms with Crippen LogP contribution < -0.4 is 14.2 Å². The Morgan fingerprint density at radius 2 is 1.28 bits per heavy atom. The Hall–Kier alpha value is -2.32. The van der Waals surface area contributed by atoms with Gasteiger partial charge in [0.15, 0.2) is 23.8 Å². The summed E-state index contributed by atoms with van der Waals surface area (Å²) in [5.41, 5.74) is 3.10. The molecule has 3 unspecified atom stereocenters. The van der Waals surface area contributed by atoms with Crippen molar-refractivity contribution in [1.82, 2.24) is 19.2 Å². The SMILES string of the molecule is CCc1cc(O)c([C@H](N[S+]([O-])C(C)(C)C)C2CCN(C(=O)[C@@H]3OC(C)(C)OC3C=CCOc3cc(CC)c(Cl)cc3[C@H](N[S+]([O-])C(C)(C)C)C3CCN(C(=O)[C@H]4COC(C)(C)O4)CC3)CC2)cc1Cl. The Kier molecular flexibility index (Phi) is 18.5. The van der Waals surface area contributed by atoms with Gasteiger partial charge >= 0.3 is 0 Å². The minimum absolute atomic E-state index is 0.00493. The lowest BCUT2D eigenvalue weighted by molar-refractivity contribution is -0.161. The van der Waals surface area contributed by atoms with E-state index in [2.05, 4.69) is 9.44 Å². The fourth-order valence-electron chi connectivity index (χ4n) is 9.35. The molecule has 2 amide bonds. The lowest BCUT2D eigenvalue weighted by Gasteiger charge is -2.38. The van der Waals surface area contributed by atoms with E-state index in [9.17, 15) is 23.8 Å². The van der Waals surface area contributed by atoms with Crippen LogP contribution in [0.25, 0.3) is 0 Å². The first-order valence-electron chi connectivity index (χ1n) is 24.5. The molecule has 386 valence electrons. The maximum atomic E-state index is 14.3. The van der Waals surface area contributed by atoms with Gasteiger partial charge in [-0.1, -0.05) is 43.1 Å². The van der Waals surface area contributed by atoms with Crippen molar-refractivity contribution in [3.8, 4) is 11.5 Å². The van der Waals surface area contributed by atoms with Crippen molar-refractivity contribution >= 4 is 57.7 Å². The molecule has 2 aromatic rings. The zero-order valence-electron chi connectivity index (χ0n) is 42.6. The average Bonchev–Trinajstić information content (AvgIpc) is 3.82. The van der Waals surface area contributed by atoms with Crippen LogP contribution >= 0.6 is 23.2 Å². The molecule has 0 aliphatic carbocycles. The van der Waals surface area contributed by atoms with Gasteiger partial charge in [-0.2, -0.15) is 0 Å². The van der Waals surface area contributed by atoms with Crippen LogP contribution in [0.4, 0.5) is 0 Å². The molecule has 7 atom stereocenters. The van der Waals surface area contributed by atoms with Gasteiger partial charge in [0.1, 0.15) is 33.7 Å². The molecule has 6 rings (SSSR count). The molecule has 4 aliphatic rings. The third-order valence-corrected chi connectivity index (χ3v) is 17.2. The quantitative estimate of drug-likeness (QED) is 0.108. The van der Waals surface area contributed by atoms with Gasteiger partial charge in [0.2, 0.25) is 0 Å². The predicted octanol–water partition coefficient (Wildman–Crippen LogP) is 8.79. The standard InChI is InChI=1S/C51H76Cl2N4O10S2/c1-13-31-26-39(58)35(28-37(31)52)43(54-68(61)48(3,4)5)33-19-23-57(24-20-33)47(60)45-40(65-51(11,12)67-45)16-15-25-63-41-27-32(14-2)38(53)29-36(41)44(55-69(62)49(6,7)8)34-17-21-56(22-18-34)46(59)42-30-64-50(9,10)66-42/h15-16,26-29,33-34,40,42-45,54-55,58H,13-14,17-25,30H2,1-12H3/t40?,42-,43-,44-,45-,68?,69?/m1/s1. The van der Waals surface area contributed by atoms with Crippen molar-refractivity contribution in [1.29, 1.82) is 0 Å². The number of phenolic OH excluding ortho intramolecular Hbond substituents is 1. The molecular formula is C51H76Cl2N4O10S2.